The Hall–Kier alpha value is -0.0800. The lowest BCUT2D eigenvalue weighted by molar-refractivity contribution is -0.935. The summed E-state index contributed by atoms with van der Waals surface area (Å²) in [5.41, 5.74) is 0. The maximum absolute atomic E-state index is 9.46. The molecule has 0 aliphatic heterocycles. The van der Waals surface area contributed by atoms with E-state index >= 15 is 0 Å². The highest BCUT2D eigenvalue weighted by molar-refractivity contribution is 4.67. The molecule has 1 N–H and O–H groups in total. The van der Waals surface area contributed by atoms with Crippen LogP contribution in [0.4, 0.5) is 0 Å². The van der Waals surface area contributed by atoms with Crippen molar-refractivity contribution in [2.24, 2.45) is 0 Å². The van der Waals surface area contributed by atoms with Crippen LogP contribution < -0.4 is 0 Å². The molecule has 2 nitrogen and oxygen atoms in total. The van der Waals surface area contributed by atoms with E-state index in [1.165, 1.54) is 96.4 Å². The van der Waals surface area contributed by atoms with Crippen molar-refractivity contribution in [3.05, 3.63) is 0 Å². The molecule has 0 spiro atoms. The van der Waals surface area contributed by atoms with Gasteiger partial charge in [0.15, 0.2) is 0 Å². The number of likely N-dealkylation sites (N-methyl/N-ethyl adjacent to an activating group) is 1. The Morgan fingerprint density at radius 1 is 0.773 bits per heavy atom. The van der Waals surface area contributed by atoms with Crippen LogP contribution in [0.2, 0.25) is 0 Å². The van der Waals surface area contributed by atoms with Crippen molar-refractivity contribution in [3.63, 3.8) is 0 Å². The molecule has 0 saturated heterocycles. The molecule has 0 radical (unpaired) electrons. The normalized spacial score (nSPS) is 19.2. The average molecular weight is 313 g/mol. The molecule has 2 heteroatoms. The molecule has 1 atom stereocenters. The summed E-state index contributed by atoms with van der Waals surface area (Å²) in [5.74, 6) is 0. The number of nitrogens with zero attached hydrogens (tertiary/aromatic N) is 1. The maximum atomic E-state index is 9.46. The second-order valence-electron chi connectivity index (χ2n) is 7.77. The van der Waals surface area contributed by atoms with Crippen LogP contribution in [0.1, 0.15) is 96.8 Å². The van der Waals surface area contributed by atoms with E-state index in [0.717, 1.165) is 17.1 Å². The van der Waals surface area contributed by atoms with E-state index in [0.29, 0.717) is 6.61 Å². The van der Waals surface area contributed by atoms with Crippen molar-refractivity contribution < 1.29 is 9.59 Å². The monoisotopic (exact) mass is 312 g/mol. The zero-order chi connectivity index (χ0) is 16.1. The van der Waals surface area contributed by atoms with E-state index in [1.807, 2.05) is 0 Å². The van der Waals surface area contributed by atoms with Gasteiger partial charge < -0.3 is 9.59 Å². The number of aliphatic hydroxyl groups is 1. The minimum Gasteiger partial charge on any atom is -0.391 e. The van der Waals surface area contributed by atoms with Crippen molar-refractivity contribution in [3.8, 4) is 0 Å². The Morgan fingerprint density at radius 3 is 1.86 bits per heavy atom. The standard InChI is InChI=1S/C20H42NO/c1-3-4-5-6-7-8-9-10-14-17-21(2,18-19-22)20-15-12-11-13-16-20/h20,22H,3-19H2,1-2H3/q+1. The molecule has 22 heavy (non-hydrogen) atoms. The number of quaternary nitrogens is 1. The smallest absolute Gasteiger partial charge is 0.102 e. The Bertz CT molecular complexity index is 250. The van der Waals surface area contributed by atoms with Gasteiger partial charge in [-0.15, -0.1) is 0 Å². The molecule has 0 aromatic heterocycles. The summed E-state index contributed by atoms with van der Waals surface area (Å²) in [5, 5.41) is 9.46. The molecule has 132 valence electrons. The zero-order valence-corrected chi connectivity index (χ0v) is 15.5. The Morgan fingerprint density at radius 2 is 1.32 bits per heavy atom. The van der Waals surface area contributed by atoms with Crippen molar-refractivity contribution in [2.75, 3.05) is 26.7 Å². The van der Waals surface area contributed by atoms with Gasteiger partial charge in [0.05, 0.1) is 26.2 Å². The van der Waals surface area contributed by atoms with Gasteiger partial charge in [-0.25, -0.2) is 0 Å². The second kappa shape index (κ2) is 12.4. The van der Waals surface area contributed by atoms with Gasteiger partial charge in [0.1, 0.15) is 6.54 Å². The number of aliphatic hydroxyl groups excluding tert-OH is 1. The van der Waals surface area contributed by atoms with Crippen LogP contribution >= 0.6 is 0 Å². The molecule has 0 aromatic rings. The van der Waals surface area contributed by atoms with Crippen LogP contribution in [0.3, 0.4) is 0 Å². The highest BCUT2D eigenvalue weighted by Crippen LogP contribution is 2.27. The van der Waals surface area contributed by atoms with Crippen LogP contribution in [-0.4, -0.2) is 42.4 Å². The van der Waals surface area contributed by atoms with Crippen LogP contribution in [-0.2, 0) is 0 Å². The van der Waals surface area contributed by atoms with Crippen molar-refractivity contribution in [1.29, 1.82) is 0 Å². The fourth-order valence-corrected chi connectivity index (χ4v) is 4.19. The Labute approximate surface area is 139 Å². The van der Waals surface area contributed by atoms with Gasteiger partial charge in [0, 0.05) is 0 Å². The quantitative estimate of drug-likeness (QED) is 0.362. The molecule has 1 aliphatic rings. The highest BCUT2D eigenvalue weighted by atomic mass is 16.3. The van der Waals surface area contributed by atoms with Gasteiger partial charge in [-0.2, -0.15) is 0 Å². The minimum absolute atomic E-state index is 0.352. The molecule has 1 unspecified atom stereocenters. The maximum Gasteiger partial charge on any atom is 0.102 e. The summed E-state index contributed by atoms with van der Waals surface area (Å²) < 4.78 is 1.13. The summed E-state index contributed by atoms with van der Waals surface area (Å²) in [6.45, 7) is 4.88. The van der Waals surface area contributed by atoms with Gasteiger partial charge >= 0.3 is 0 Å². The van der Waals surface area contributed by atoms with E-state index in [1.54, 1.807) is 0 Å². The molecule has 0 heterocycles. The van der Waals surface area contributed by atoms with Gasteiger partial charge in [-0.05, 0) is 38.5 Å². The first kappa shape index (κ1) is 20.0. The third-order valence-corrected chi connectivity index (χ3v) is 5.84. The number of unbranched alkanes of at least 4 members (excludes halogenated alkanes) is 8. The molecule has 1 rings (SSSR count). The van der Waals surface area contributed by atoms with Crippen molar-refractivity contribution in [1.82, 2.24) is 0 Å². The van der Waals surface area contributed by atoms with Gasteiger partial charge in [-0.3, -0.25) is 0 Å². The molecule has 0 bridgehead atoms. The van der Waals surface area contributed by atoms with Crippen LogP contribution in [0, 0.1) is 0 Å². The summed E-state index contributed by atoms with van der Waals surface area (Å²) in [6.07, 6.45) is 19.7. The first-order chi connectivity index (χ1) is 10.7. The molecular formula is C20H42NO+. The van der Waals surface area contributed by atoms with E-state index in [2.05, 4.69) is 14.0 Å². The van der Waals surface area contributed by atoms with E-state index in [9.17, 15) is 5.11 Å². The first-order valence-electron chi connectivity index (χ1n) is 10.2. The van der Waals surface area contributed by atoms with Gasteiger partial charge in [0.2, 0.25) is 0 Å². The zero-order valence-electron chi connectivity index (χ0n) is 15.5. The lowest BCUT2D eigenvalue weighted by Crippen LogP contribution is -2.55. The Kier molecular flexibility index (Phi) is 11.2. The van der Waals surface area contributed by atoms with Crippen LogP contribution in [0.15, 0.2) is 0 Å². The third-order valence-electron chi connectivity index (χ3n) is 5.84. The number of hydrogen-bond donors (Lipinski definition) is 1. The van der Waals surface area contributed by atoms with Gasteiger partial charge in [-0.1, -0.05) is 58.3 Å². The molecular weight excluding hydrogens is 270 g/mol. The fourth-order valence-electron chi connectivity index (χ4n) is 4.19. The average Bonchev–Trinajstić information content (AvgIpc) is 2.54. The molecule has 1 saturated carbocycles. The molecule has 0 amide bonds. The SMILES string of the molecule is CCCCCCCCCCC[N+](C)(CCO)C1CCCCC1. The highest BCUT2D eigenvalue weighted by Gasteiger charge is 2.32. The van der Waals surface area contributed by atoms with E-state index in [4.69, 9.17) is 0 Å². The number of hydrogen-bond acceptors (Lipinski definition) is 1. The van der Waals surface area contributed by atoms with E-state index < -0.39 is 0 Å². The minimum atomic E-state index is 0.352. The summed E-state index contributed by atoms with van der Waals surface area (Å²) in [7, 11) is 2.40. The molecule has 0 aromatic carbocycles. The van der Waals surface area contributed by atoms with Crippen molar-refractivity contribution in [2.45, 2.75) is 103 Å². The lowest BCUT2D eigenvalue weighted by Gasteiger charge is -2.43. The van der Waals surface area contributed by atoms with Crippen molar-refractivity contribution >= 4 is 0 Å². The lowest BCUT2D eigenvalue weighted by atomic mass is 9.92. The number of rotatable bonds is 13. The predicted octanol–water partition coefficient (Wildman–Crippen LogP) is 5.29. The summed E-state index contributed by atoms with van der Waals surface area (Å²) in [4.78, 5) is 0. The Balaban J connectivity index is 2.13. The van der Waals surface area contributed by atoms with E-state index in [-0.39, 0.29) is 0 Å². The first-order valence-corrected chi connectivity index (χ1v) is 10.2. The second-order valence-corrected chi connectivity index (χ2v) is 7.77. The van der Waals surface area contributed by atoms with Gasteiger partial charge in [0.25, 0.3) is 0 Å². The topological polar surface area (TPSA) is 20.2 Å². The molecule has 1 fully saturated rings. The van der Waals surface area contributed by atoms with Crippen LogP contribution in [0.5, 0.6) is 0 Å². The third kappa shape index (κ3) is 7.97. The summed E-state index contributed by atoms with van der Waals surface area (Å²) >= 11 is 0. The van der Waals surface area contributed by atoms with Crippen LogP contribution in [0.25, 0.3) is 0 Å². The molecule has 1 aliphatic carbocycles. The summed E-state index contributed by atoms with van der Waals surface area (Å²) in [6, 6.07) is 0.815. The largest absolute Gasteiger partial charge is 0.391 e. The fraction of sp³-hybridized carbons (Fsp3) is 1.00. The predicted molar refractivity (Wildman–Crippen MR) is 97.1 cm³/mol.